The third kappa shape index (κ3) is 4.20. The van der Waals surface area contributed by atoms with Gasteiger partial charge in [-0.15, -0.1) is 23.5 Å². The lowest BCUT2D eigenvalue weighted by atomic mass is 9.71. The Labute approximate surface area is 291 Å². The van der Waals surface area contributed by atoms with Crippen LogP contribution in [0.3, 0.4) is 0 Å². The number of allylic oxidation sites excluding steroid dienone is 9. The molecular formula is C44H36N2S2. The number of aryl methyl sites for hydroxylation is 1. The van der Waals surface area contributed by atoms with Crippen molar-refractivity contribution in [3.63, 3.8) is 0 Å². The van der Waals surface area contributed by atoms with E-state index in [0.717, 1.165) is 48.9 Å². The predicted octanol–water partition coefficient (Wildman–Crippen LogP) is 11.3. The van der Waals surface area contributed by atoms with E-state index in [-0.39, 0.29) is 4.75 Å². The normalized spacial score (nSPS) is 28.1. The molecule has 2 aliphatic heterocycles. The van der Waals surface area contributed by atoms with Crippen molar-refractivity contribution in [3.8, 4) is 11.8 Å². The highest BCUT2D eigenvalue weighted by Gasteiger charge is 2.51. The maximum absolute atomic E-state index is 10.5. The molecule has 0 spiro atoms. The van der Waals surface area contributed by atoms with Crippen LogP contribution in [0.1, 0.15) is 66.5 Å². The van der Waals surface area contributed by atoms with Crippen molar-refractivity contribution in [2.24, 2.45) is 11.8 Å². The topological polar surface area (TPSA) is 28.7 Å². The van der Waals surface area contributed by atoms with Gasteiger partial charge in [0, 0.05) is 44.4 Å². The van der Waals surface area contributed by atoms with Crippen molar-refractivity contribution >= 4 is 46.1 Å². The van der Waals surface area contributed by atoms with Gasteiger partial charge in [-0.2, -0.15) is 5.26 Å². The third-order valence-electron chi connectivity index (χ3n) is 11.6. The fourth-order valence-electron chi connectivity index (χ4n) is 9.36. The Hall–Kier alpha value is -4.17. The Kier molecular flexibility index (Phi) is 6.56. The van der Waals surface area contributed by atoms with E-state index in [9.17, 15) is 5.26 Å². The quantitative estimate of drug-likeness (QED) is 0.206. The minimum atomic E-state index is 0.0903. The van der Waals surface area contributed by atoms with Gasteiger partial charge in [0.05, 0.1) is 22.8 Å². The van der Waals surface area contributed by atoms with Crippen LogP contribution in [-0.2, 0) is 6.42 Å². The largest absolute Gasteiger partial charge is 0.309 e. The molecule has 0 saturated heterocycles. The van der Waals surface area contributed by atoms with Gasteiger partial charge in [-0.25, -0.2) is 0 Å². The molecule has 4 aromatic rings. The van der Waals surface area contributed by atoms with Gasteiger partial charge in [-0.1, -0.05) is 91.1 Å². The lowest BCUT2D eigenvalue weighted by Crippen LogP contribution is -2.30. The summed E-state index contributed by atoms with van der Waals surface area (Å²) in [6.07, 6.45) is 22.4. The third-order valence-corrected chi connectivity index (χ3v) is 14.6. The van der Waals surface area contributed by atoms with Gasteiger partial charge in [0.15, 0.2) is 0 Å². The maximum Gasteiger partial charge on any atom is 0.0998 e. The zero-order chi connectivity index (χ0) is 32.0. The molecule has 0 amide bonds. The van der Waals surface area contributed by atoms with Crippen LogP contribution in [0.15, 0.2) is 130 Å². The van der Waals surface area contributed by atoms with Gasteiger partial charge < -0.3 is 4.57 Å². The highest BCUT2D eigenvalue weighted by molar-refractivity contribution is 8.05. The molecule has 3 heterocycles. The summed E-state index contributed by atoms with van der Waals surface area (Å²) in [5.41, 5.74) is 12.7. The second-order valence-electron chi connectivity index (χ2n) is 14.2. The first kappa shape index (κ1) is 28.8. The van der Waals surface area contributed by atoms with Crippen LogP contribution in [0.25, 0.3) is 28.2 Å². The zero-order valence-electron chi connectivity index (χ0n) is 27.0. The Morgan fingerprint density at radius 2 is 1.77 bits per heavy atom. The summed E-state index contributed by atoms with van der Waals surface area (Å²) in [5, 5.41) is 12.3. The van der Waals surface area contributed by atoms with E-state index < -0.39 is 0 Å². The lowest BCUT2D eigenvalue weighted by molar-refractivity contribution is 0.456. The second-order valence-corrected chi connectivity index (χ2v) is 17.0. The number of hydrogen-bond acceptors (Lipinski definition) is 3. The first-order chi connectivity index (χ1) is 23.6. The number of aromatic nitrogens is 1. The molecule has 0 saturated carbocycles. The maximum atomic E-state index is 10.5. The van der Waals surface area contributed by atoms with Crippen molar-refractivity contribution in [2.75, 3.05) is 0 Å². The van der Waals surface area contributed by atoms with Crippen LogP contribution < -0.4 is 0 Å². The van der Waals surface area contributed by atoms with Gasteiger partial charge in [0.2, 0.25) is 0 Å². The summed E-state index contributed by atoms with van der Waals surface area (Å²) >= 11 is 4.22. The van der Waals surface area contributed by atoms with Crippen LogP contribution in [-0.4, -0.2) is 14.6 Å². The van der Waals surface area contributed by atoms with Gasteiger partial charge in [-0.05, 0) is 101 Å². The van der Waals surface area contributed by atoms with E-state index in [1.54, 1.807) is 15.4 Å². The molecule has 2 nitrogen and oxygen atoms in total. The number of benzene rings is 3. The average molecular weight is 657 g/mol. The van der Waals surface area contributed by atoms with E-state index in [2.05, 4.69) is 150 Å². The minimum Gasteiger partial charge on any atom is -0.309 e. The van der Waals surface area contributed by atoms with Gasteiger partial charge in [0.1, 0.15) is 0 Å². The summed E-state index contributed by atoms with van der Waals surface area (Å²) in [4.78, 5) is 3.14. The molecule has 3 aromatic carbocycles. The molecular weight excluding hydrogens is 621 g/mol. The second kappa shape index (κ2) is 10.9. The molecule has 0 bridgehead atoms. The van der Waals surface area contributed by atoms with Crippen LogP contribution in [0.2, 0.25) is 0 Å². The van der Waals surface area contributed by atoms with Crippen LogP contribution in [0.4, 0.5) is 0 Å². The summed E-state index contributed by atoms with van der Waals surface area (Å²) in [6, 6.07) is 28.8. The smallest absolute Gasteiger partial charge is 0.0998 e. The predicted molar refractivity (Wildman–Crippen MR) is 203 cm³/mol. The molecule has 5 atom stereocenters. The molecule has 4 heteroatoms. The Bertz CT molecular complexity index is 2270. The molecule has 234 valence electrons. The van der Waals surface area contributed by atoms with Crippen molar-refractivity contribution in [1.82, 2.24) is 4.57 Å². The Morgan fingerprint density at radius 1 is 0.896 bits per heavy atom. The van der Waals surface area contributed by atoms with Crippen molar-refractivity contribution in [1.29, 1.82) is 5.26 Å². The zero-order valence-corrected chi connectivity index (χ0v) is 28.7. The van der Waals surface area contributed by atoms with E-state index >= 15 is 0 Å². The van der Waals surface area contributed by atoms with Crippen LogP contribution >= 0.6 is 23.5 Å². The molecule has 0 N–H and O–H groups in total. The number of nitriles is 1. The van der Waals surface area contributed by atoms with E-state index in [1.807, 2.05) is 6.07 Å². The molecule has 4 aliphatic carbocycles. The Morgan fingerprint density at radius 3 is 2.67 bits per heavy atom. The monoisotopic (exact) mass is 656 g/mol. The van der Waals surface area contributed by atoms with Crippen molar-refractivity contribution < 1.29 is 0 Å². The molecule has 0 fully saturated rings. The first-order valence-electron chi connectivity index (χ1n) is 17.4. The van der Waals surface area contributed by atoms with Gasteiger partial charge in [-0.3, -0.25) is 0 Å². The first-order valence-corrected chi connectivity index (χ1v) is 19.1. The van der Waals surface area contributed by atoms with Gasteiger partial charge in [0.25, 0.3) is 0 Å². The molecule has 10 rings (SSSR count). The number of para-hydroxylation sites is 1. The average Bonchev–Trinajstić information content (AvgIpc) is 3.77. The summed E-state index contributed by atoms with van der Waals surface area (Å²) in [6.45, 7) is 2.46. The number of rotatable bonds is 3. The highest BCUT2D eigenvalue weighted by atomic mass is 32.2. The van der Waals surface area contributed by atoms with Gasteiger partial charge >= 0.3 is 0 Å². The molecule has 48 heavy (non-hydrogen) atoms. The molecule has 6 aliphatic rings. The molecule has 0 radical (unpaired) electrons. The number of nitrogens with zero attached hydrogens (tertiary/aromatic N) is 2. The van der Waals surface area contributed by atoms with Crippen LogP contribution in [0, 0.1) is 23.2 Å². The molecule has 1 aromatic heterocycles. The Balaban J connectivity index is 1.08. The van der Waals surface area contributed by atoms with Crippen molar-refractivity contribution in [3.05, 3.63) is 158 Å². The van der Waals surface area contributed by atoms with E-state index in [4.69, 9.17) is 0 Å². The summed E-state index contributed by atoms with van der Waals surface area (Å²) in [5.74, 6) is 1.36. The lowest BCUT2D eigenvalue weighted by Gasteiger charge is -2.36. The standard InChI is InChI=1S/C44H36N2S2/c1-44-23-22-28(27-10-3-2-4-11-27)25-35(44)33-19-21-40-42(43(33)48-44)34-24-29(18-20-39(34)47-40)41-30(26-45)12-9-17-38(41)46-36-15-7-5-13-31(36)32-14-6-8-16-37(32)46/h2-5,7-13,15-17,19,21-24,28,35,40,42H,6,14,18,20,25H2,1H3. The molecule has 5 unspecified atom stereocenters. The number of fused-ring (bicyclic) bond motifs is 8. The summed E-state index contributed by atoms with van der Waals surface area (Å²) in [7, 11) is 0. The fourth-order valence-corrected chi connectivity index (χ4v) is 12.6. The summed E-state index contributed by atoms with van der Waals surface area (Å²) < 4.78 is 2.53. The van der Waals surface area contributed by atoms with Crippen molar-refractivity contribution in [2.45, 2.75) is 54.9 Å². The number of hydrogen-bond donors (Lipinski definition) is 0. The number of thioether (sulfide) groups is 2. The fraction of sp³-hybridized carbons (Fsp3) is 0.250. The van der Waals surface area contributed by atoms with E-state index in [1.165, 1.54) is 38.9 Å². The van der Waals surface area contributed by atoms with Crippen LogP contribution in [0.5, 0.6) is 0 Å². The minimum absolute atomic E-state index is 0.0903. The SMILES string of the molecule is CC12C=CC(c3ccccc3)CC1C1=C(S2)C2C3=C(CCC(c4c(C#N)cccc4-n4c5c(c6ccccc64)CCC=C5)=C3)SC2C=C1. The highest BCUT2D eigenvalue weighted by Crippen LogP contribution is 2.65. The van der Waals surface area contributed by atoms with E-state index in [0.29, 0.717) is 23.0 Å².